The van der Waals surface area contributed by atoms with Crippen LogP contribution in [-0.2, 0) is 4.79 Å². The number of hydrogen-bond donors (Lipinski definition) is 3. The minimum Gasteiger partial charge on any atom is -0.394 e. The first-order valence-electron chi connectivity index (χ1n) is 27.9. The average Bonchev–Trinajstić information content (AvgIpc) is 3.33. The van der Waals surface area contributed by atoms with Crippen molar-refractivity contribution in [1.82, 2.24) is 5.32 Å². The van der Waals surface area contributed by atoms with Crippen LogP contribution in [0.3, 0.4) is 0 Å². The zero-order valence-electron chi connectivity index (χ0n) is 43.6. The SMILES string of the molecule is CC/C=C\C/C=C\C/C=C\C/C=C\C/C=C\C/C=C\C/C=C\C/C=C\C/C=C\CCCCCC(=O)NC(CO)C(O)/C=C/CC/C=C/CCCCCCCCCCCCCCCCCCCC. The Balaban J connectivity index is 3.71. The maximum absolute atomic E-state index is 12.5. The number of hydrogen-bond acceptors (Lipinski definition) is 3. The van der Waals surface area contributed by atoms with Gasteiger partial charge in [-0.2, -0.15) is 0 Å². The summed E-state index contributed by atoms with van der Waals surface area (Å²) in [5.41, 5.74) is 0. The first-order chi connectivity index (χ1) is 33.2. The molecule has 380 valence electrons. The average molecular weight is 925 g/mol. The maximum atomic E-state index is 12.5. The quantitative estimate of drug-likeness (QED) is 0.0421. The molecule has 0 saturated carbocycles. The fourth-order valence-electron chi connectivity index (χ4n) is 7.66. The zero-order valence-corrected chi connectivity index (χ0v) is 43.6. The second-order valence-electron chi connectivity index (χ2n) is 18.3. The van der Waals surface area contributed by atoms with Crippen molar-refractivity contribution in [3.05, 3.63) is 134 Å². The van der Waals surface area contributed by atoms with Crippen molar-refractivity contribution in [3.63, 3.8) is 0 Å². The first-order valence-corrected chi connectivity index (χ1v) is 27.9. The molecule has 1 amide bonds. The van der Waals surface area contributed by atoms with Crippen LogP contribution in [0.15, 0.2) is 134 Å². The summed E-state index contributed by atoms with van der Waals surface area (Å²) in [5.74, 6) is -0.110. The smallest absolute Gasteiger partial charge is 0.220 e. The van der Waals surface area contributed by atoms with E-state index in [1.54, 1.807) is 6.08 Å². The highest BCUT2D eigenvalue weighted by Crippen LogP contribution is 2.15. The number of carbonyl (C=O) groups is 1. The van der Waals surface area contributed by atoms with Gasteiger partial charge in [-0.05, 0) is 103 Å². The lowest BCUT2D eigenvalue weighted by atomic mass is 10.0. The molecule has 3 N–H and O–H groups in total. The Morgan fingerprint density at radius 3 is 1.04 bits per heavy atom. The molecule has 2 unspecified atom stereocenters. The minimum atomic E-state index is -0.888. The van der Waals surface area contributed by atoms with Crippen molar-refractivity contribution >= 4 is 5.91 Å². The summed E-state index contributed by atoms with van der Waals surface area (Å²) in [4.78, 5) is 12.5. The van der Waals surface area contributed by atoms with Crippen molar-refractivity contribution < 1.29 is 15.0 Å². The van der Waals surface area contributed by atoms with Crippen molar-refractivity contribution in [1.29, 1.82) is 0 Å². The summed E-state index contributed by atoms with van der Waals surface area (Å²) in [5, 5.41) is 23.1. The van der Waals surface area contributed by atoms with Gasteiger partial charge in [0.15, 0.2) is 0 Å². The molecular weight excluding hydrogens is 819 g/mol. The van der Waals surface area contributed by atoms with E-state index in [4.69, 9.17) is 0 Å². The van der Waals surface area contributed by atoms with Gasteiger partial charge in [-0.1, -0.05) is 263 Å². The molecule has 0 bridgehead atoms. The van der Waals surface area contributed by atoms with Crippen LogP contribution in [-0.4, -0.2) is 34.9 Å². The third-order valence-electron chi connectivity index (χ3n) is 11.9. The molecule has 0 heterocycles. The summed E-state index contributed by atoms with van der Waals surface area (Å²) in [6, 6.07) is -0.669. The highest BCUT2D eigenvalue weighted by molar-refractivity contribution is 5.76. The summed E-state index contributed by atoms with van der Waals surface area (Å²) in [7, 11) is 0. The van der Waals surface area contributed by atoms with E-state index in [0.29, 0.717) is 6.42 Å². The summed E-state index contributed by atoms with van der Waals surface area (Å²) in [6.45, 7) is 4.17. The topological polar surface area (TPSA) is 69.6 Å². The van der Waals surface area contributed by atoms with E-state index >= 15 is 0 Å². The summed E-state index contributed by atoms with van der Waals surface area (Å²) < 4.78 is 0. The molecule has 4 heteroatoms. The number of amides is 1. The molecule has 0 aliphatic carbocycles. The monoisotopic (exact) mass is 924 g/mol. The number of aliphatic hydroxyl groups is 2. The largest absolute Gasteiger partial charge is 0.394 e. The van der Waals surface area contributed by atoms with E-state index in [1.807, 2.05) is 6.08 Å². The van der Waals surface area contributed by atoms with Gasteiger partial charge in [0.1, 0.15) is 0 Å². The Morgan fingerprint density at radius 2 is 0.672 bits per heavy atom. The van der Waals surface area contributed by atoms with E-state index in [-0.39, 0.29) is 12.5 Å². The van der Waals surface area contributed by atoms with E-state index in [0.717, 1.165) is 103 Å². The lowest BCUT2D eigenvalue weighted by Crippen LogP contribution is -2.45. The molecular formula is C63H105NO3. The van der Waals surface area contributed by atoms with Crippen molar-refractivity contribution in [2.24, 2.45) is 0 Å². The molecule has 0 saturated heterocycles. The second kappa shape index (κ2) is 56.9. The van der Waals surface area contributed by atoms with Gasteiger partial charge in [0, 0.05) is 6.42 Å². The van der Waals surface area contributed by atoms with Crippen LogP contribution in [0.1, 0.15) is 239 Å². The van der Waals surface area contributed by atoms with E-state index in [1.165, 1.54) is 116 Å². The number of nitrogens with one attached hydrogen (secondary N) is 1. The van der Waals surface area contributed by atoms with Crippen LogP contribution < -0.4 is 5.32 Å². The van der Waals surface area contributed by atoms with Crippen LogP contribution >= 0.6 is 0 Å². The highest BCUT2D eigenvalue weighted by atomic mass is 16.3. The number of rotatable bonds is 49. The number of allylic oxidation sites excluding steroid dienone is 21. The standard InChI is InChI=1S/C63H105NO3/c1-3-5-7-9-11-13-15-17-19-21-23-25-27-29-30-31-32-33-34-35-37-39-41-43-45-47-49-51-53-55-57-59-63(67)64-61(60-65)62(66)58-56-54-52-50-48-46-44-42-40-38-36-28-26-24-22-20-18-16-14-12-10-8-6-4-2/h5,7,11,13,17,19,23,25,29-30,32-33,35,37,41,43,47-50,56,58,61-62,65-66H,3-4,6,8-10,12,14-16,18,20-22,24,26-28,31,34,36,38-40,42,44-46,51-55,57,59-60H2,1-2H3,(H,64,67)/b7-5-,13-11-,19-17-,25-23-,30-29-,33-32-,37-35-,43-41-,49-47-,50-48+,58-56+. The Bertz CT molecular complexity index is 1370. The van der Waals surface area contributed by atoms with Gasteiger partial charge in [0.2, 0.25) is 5.91 Å². The molecule has 0 aliphatic rings. The molecule has 0 spiro atoms. The fourth-order valence-corrected chi connectivity index (χ4v) is 7.66. The van der Waals surface area contributed by atoms with E-state index < -0.39 is 12.1 Å². The number of carbonyl (C=O) groups excluding carboxylic acids is 1. The minimum absolute atomic E-state index is 0.110. The van der Waals surface area contributed by atoms with Gasteiger partial charge in [-0.15, -0.1) is 0 Å². The summed E-state index contributed by atoms with van der Waals surface area (Å²) >= 11 is 0. The number of aliphatic hydroxyl groups excluding tert-OH is 2. The third-order valence-corrected chi connectivity index (χ3v) is 11.9. The van der Waals surface area contributed by atoms with Crippen molar-refractivity contribution in [2.75, 3.05) is 6.61 Å². The van der Waals surface area contributed by atoms with Crippen molar-refractivity contribution in [3.8, 4) is 0 Å². The molecule has 0 fully saturated rings. The fraction of sp³-hybridized carbons (Fsp3) is 0.635. The molecule has 0 rings (SSSR count). The van der Waals surface area contributed by atoms with Crippen LogP contribution in [0, 0.1) is 0 Å². The Hall–Kier alpha value is -3.47. The van der Waals surface area contributed by atoms with Crippen LogP contribution in [0.2, 0.25) is 0 Å². The normalized spacial score (nSPS) is 13.9. The molecule has 2 atom stereocenters. The molecule has 0 radical (unpaired) electrons. The van der Waals surface area contributed by atoms with Gasteiger partial charge in [-0.3, -0.25) is 4.79 Å². The molecule has 0 aromatic rings. The maximum Gasteiger partial charge on any atom is 0.220 e. The lowest BCUT2D eigenvalue weighted by Gasteiger charge is -2.19. The Kier molecular flexibility index (Phi) is 53.9. The molecule has 4 nitrogen and oxygen atoms in total. The summed E-state index contributed by atoms with van der Waals surface area (Å²) in [6.07, 6.45) is 88.9. The van der Waals surface area contributed by atoms with Crippen LogP contribution in [0.4, 0.5) is 0 Å². The lowest BCUT2D eigenvalue weighted by molar-refractivity contribution is -0.123. The number of unbranched alkanes of at least 4 members (excludes halogenated alkanes) is 22. The predicted octanol–water partition coefficient (Wildman–Crippen LogP) is 18.6. The van der Waals surface area contributed by atoms with Crippen LogP contribution in [0.5, 0.6) is 0 Å². The van der Waals surface area contributed by atoms with Crippen molar-refractivity contribution in [2.45, 2.75) is 251 Å². The third kappa shape index (κ3) is 53.4. The predicted molar refractivity (Wildman–Crippen MR) is 299 cm³/mol. The highest BCUT2D eigenvalue weighted by Gasteiger charge is 2.17. The molecule has 67 heavy (non-hydrogen) atoms. The molecule has 0 aliphatic heterocycles. The van der Waals surface area contributed by atoms with Crippen LogP contribution in [0.25, 0.3) is 0 Å². The van der Waals surface area contributed by atoms with E-state index in [2.05, 4.69) is 141 Å². The van der Waals surface area contributed by atoms with Gasteiger partial charge < -0.3 is 15.5 Å². The molecule has 0 aromatic carbocycles. The van der Waals surface area contributed by atoms with Gasteiger partial charge in [-0.25, -0.2) is 0 Å². The Labute approximate surface area is 415 Å². The first kappa shape index (κ1) is 63.5. The zero-order chi connectivity index (χ0) is 48.5. The molecule has 0 aromatic heterocycles. The second-order valence-corrected chi connectivity index (χ2v) is 18.3. The van der Waals surface area contributed by atoms with E-state index in [9.17, 15) is 15.0 Å². The van der Waals surface area contributed by atoms with Gasteiger partial charge in [0.25, 0.3) is 0 Å². The van der Waals surface area contributed by atoms with Gasteiger partial charge in [0.05, 0.1) is 18.8 Å². The van der Waals surface area contributed by atoms with Gasteiger partial charge >= 0.3 is 0 Å². The Morgan fingerprint density at radius 1 is 0.373 bits per heavy atom.